The average molecular weight is 234 g/mol. The molecule has 0 saturated heterocycles. The van der Waals surface area contributed by atoms with Crippen LogP contribution >= 0.6 is 0 Å². The number of aromatic nitrogens is 2. The number of nitriles is 1. The third-order valence-electron chi connectivity index (χ3n) is 2.31. The minimum atomic E-state index is -0.222. The maximum atomic E-state index is 11.6. The van der Waals surface area contributed by atoms with Gasteiger partial charge in [-0.3, -0.25) is 9.59 Å². The summed E-state index contributed by atoms with van der Waals surface area (Å²) in [4.78, 5) is 24.4. The second-order valence-electron chi connectivity index (χ2n) is 3.56. The summed E-state index contributed by atoms with van der Waals surface area (Å²) < 4.78 is 1.25. The maximum Gasteiger partial charge on any atom is 0.266 e. The van der Waals surface area contributed by atoms with E-state index in [1.54, 1.807) is 13.1 Å². The van der Waals surface area contributed by atoms with Gasteiger partial charge in [-0.05, 0) is 6.07 Å². The Labute approximate surface area is 99.1 Å². The number of carbonyl (C=O) groups excluding carboxylic acids is 1. The van der Waals surface area contributed by atoms with E-state index >= 15 is 0 Å². The van der Waals surface area contributed by atoms with Gasteiger partial charge in [-0.15, -0.1) is 0 Å². The van der Waals surface area contributed by atoms with Gasteiger partial charge in [-0.1, -0.05) is 0 Å². The van der Waals surface area contributed by atoms with Gasteiger partial charge in [0.05, 0.1) is 19.0 Å². The smallest absolute Gasteiger partial charge is 0.266 e. The second-order valence-corrected chi connectivity index (χ2v) is 3.56. The van der Waals surface area contributed by atoms with Crippen LogP contribution in [0.1, 0.15) is 12.8 Å². The van der Waals surface area contributed by atoms with Crippen molar-refractivity contribution in [3.8, 4) is 6.07 Å². The predicted molar refractivity (Wildman–Crippen MR) is 61.0 cm³/mol. The fourth-order valence-electron chi connectivity index (χ4n) is 1.29. The molecule has 0 unspecified atom stereocenters. The largest absolute Gasteiger partial charge is 0.345 e. The molecule has 6 nitrogen and oxygen atoms in total. The standard InChI is InChI=1S/C11H14N4O2/c1-14(8-3-6-12)10(16)5-9-15-11(17)4-2-7-13-15/h2,4,7H,3,5,8-9H2,1H3. The Morgan fingerprint density at radius 3 is 3.06 bits per heavy atom. The van der Waals surface area contributed by atoms with E-state index in [9.17, 15) is 9.59 Å². The molecule has 0 aliphatic heterocycles. The van der Waals surface area contributed by atoms with Crippen molar-refractivity contribution in [3.63, 3.8) is 0 Å². The molecule has 0 aliphatic rings. The Morgan fingerprint density at radius 1 is 1.65 bits per heavy atom. The molecule has 1 rings (SSSR count). The molecule has 0 spiro atoms. The number of carbonyl (C=O) groups is 1. The van der Waals surface area contributed by atoms with Crippen LogP contribution in [0.15, 0.2) is 23.1 Å². The lowest BCUT2D eigenvalue weighted by Crippen LogP contribution is -2.30. The van der Waals surface area contributed by atoms with Gasteiger partial charge < -0.3 is 4.90 Å². The molecular weight excluding hydrogens is 220 g/mol. The van der Waals surface area contributed by atoms with Crippen molar-refractivity contribution >= 4 is 5.91 Å². The highest BCUT2D eigenvalue weighted by Crippen LogP contribution is 1.94. The van der Waals surface area contributed by atoms with E-state index in [0.717, 1.165) is 0 Å². The molecule has 1 aromatic rings. The fourth-order valence-corrected chi connectivity index (χ4v) is 1.29. The normalized spacial score (nSPS) is 9.65. The zero-order chi connectivity index (χ0) is 12.7. The molecule has 0 N–H and O–H groups in total. The van der Waals surface area contributed by atoms with Crippen LogP contribution in [0.3, 0.4) is 0 Å². The highest BCUT2D eigenvalue weighted by atomic mass is 16.2. The predicted octanol–water partition coefficient (Wildman–Crippen LogP) is 0.00548. The monoisotopic (exact) mass is 234 g/mol. The van der Waals surface area contributed by atoms with E-state index in [1.165, 1.54) is 21.8 Å². The van der Waals surface area contributed by atoms with Crippen LogP contribution in [0, 0.1) is 11.3 Å². The number of aryl methyl sites for hydroxylation is 1. The van der Waals surface area contributed by atoms with Crippen LogP contribution in [-0.4, -0.2) is 34.2 Å². The highest BCUT2D eigenvalue weighted by molar-refractivity contribution is 5.75. The first-order chi connectivity index (χ1) is 8.15. The van der Waals surface area contributed by atoms with E-state index in [-0.39, 0.29) is 24.4 Å². The molecule has 1 amide bonds. The molecule has 0 aliphatic carbocycles. The topological polar surface area (TPSA) is 79.0 Å². The third kappa shape index (κ3) is 4.07. The fraction of sp³-hybridized carbons (Fsp3) is 0.455. The van der Waals surface area contributed by atoms with Crippen LogP contribution in [-0.2, 0) is 11.3 Å². The summed E-state index contributed by atoms with van der Waals surface area (Å²) in [5.74, 6) is -0.0993. The van der Waals surface area contributed by atoms with Crippen LogP contribution in [0.5, 0.6) is 0 Å². The van der Waals surface area contributed by atoms with E-state index in [2.05, 4.69) is 5.10 Å². The number of rotatable bonds is 5. The molecule has 0 aromatic carbocycles. The Hall–Kier alpha value is -2.16. The van der Waals surface area contributed by atoms with Gasteiger partial charge in [0.15, 0.2) is 0 Å². The van der Waals surface area contributed by atoms with Gasteiger partial charge in [0.2, 0.25) is 5.91 Å². The molecule has 0 fully saturated rings. The van der Waals surface area contributed by atoms with E-state index < -0.39 is 0 Å². The summed E-state index contributed by atoms with van der Waals surface area (Å²) >= 11 is 0. The molecule has 0 bridgehead atoms. The lowest BCUT2D eigenvalue weighted by Gasteiger charge is -2.15. The third-order valence-corrected chi connectivity index (χ3v) is 2.31. The zero-order valence-electron chi connectivity index (χ0n) is 9.67. The van der Waals surface area contributed by atoms with Gasteiger partial charge in [-0.25, -0.2) is 4.68 Å². The second kappa shape index (κ2) is 6.43. The zero-order valence-corrected chi connectivity index (χ0v) is 9.67. The van der Waals surface area contributed by atoms with E-state index in [1.807, 2.05) is 6.07 Å². The summed E-state index contributed by atoms with van der Waals surface area (Å²) in [6.07, 6.45) is 2.02. The molecule has 17 heavy (non-hydrogen) atoms. The highest BCUT2D eigenvalue weighted by Gasteiger charge is 2.08. The molecule has 90 valence electrons. The van der Waals surface area contributed by atoms with Crippen LogP contribution in [0.2, 0.25) is 0 Å². The Kier molecular flexibility index (Phi) is 4.88. The maximum absolute atomic E-state index is 11.6. The van der Waals surface area contributed by atoms with Gasteiger partial charge in [0.1, 0.15) is 0 Å². The Morgan fingerprint density at radius 2 is 2.41 bits per heavy atom. The summed E-state index contributed by atoms with van der Waals surface area (Å²) in [7, 11) is 1.64. The first-order valence-corrected chi connectivity index (χ1v) is 5.28. The molecule has 0 radical (unpaired) electrons. The number of hydrogen-bond donors (Lipinski definition) is 0. The van der Waals surface area contributed by atoms with Crippen molar-refractivity contribution < 1.29 is 4.79 Å². The number of amides is 1. The quantitative estimate of drug-likeness (QED) is 0.718. The molecule has 1 heterocycles. The summed E-state index contributed by atoms with van der Waals surface area (Å²) in [6, 6.07) is 4.93. The lowest BCUT2D eigenvalue weighted by molar-refractivity contribution is -0.130. The van der Waals surface area contributed by atoms with Gasteiger partial charge in [0.25, 0.3) is 5.56 Å². The minimum Gasteiger partial charge on any atom is -0.345 e. The van der Waals surface area contributed by atoms with Gasteiger partial charge >= 0.3 is 0 Å². The van der Waals surface area contributed by atoms with Crippen LogP contribution < -0.4 is 5.56 Å². The van der Waals surface area contributed by atoms with Crippen molar-refractivity contribution in [2.45, 2.75) is 19.4 Å². The number of hydrogen-bond acceptors (Lipinski definition) is 4. The van der Waals surface area contributed by atoms with Crippen molar-refractivity contribution in [1.82, 2.24) is 14.7 Å². The van der Waals surface area contributed by atoms with Crippen LogP contribution in [0.4, 0.5) is 0 Å². The molecule has 0 saturated carbocycles. The SMILES string of the molecule is CN(CCC#N)C(=O)CCn1ncccc1=O. The van der Waals surface area contributed by atoms with Crippen LogP contribution in [0.25, 0.3) is 0 Å². The van der Waals surface area contributed by atoms with Crippen molar-refractivity contribution in [2.75, 3.05) is 13.6 Å². The van der Waals surface area contributed by atoms with Crippen molar-refractivity contribution in [1.29, 1.82) is 5.26 Å². The first kappa shape index (κ1) is 12.9. The minimum absolute atomic E-state index is 0.0993. The lowest BCUT2D eigenvalue weighted by atomic mass is 10.3. The first-order valence-electron chi connectivity index (χ1n) is 5.28. The number of nitrogens with zero attached hydrogens (tertiary/aromatic N) is 4. The van der Waals surface area contributed by atoms with Gasteiger partial charge in [0, 0.05) is 32.3 Å². The van der Waals surface area contributed by atoms with Gasteiger partial charge in [-0.2, -0.15) is 10.4 Å². The average Bonchev–Trinajstić information content (AvgIpc) is 2.34. The van der Waals surface area contributed by atoms with Crippen molar-refractivity contribution in [3.05, 3.63) is 28.7 Å². The molecule has 1 aromatic heterocycles. The van der Waals surface area contributed by atoms with E-state index in [4.69, 9.17) is 5.26 Å². The van der Waals surface area contributed by atoms with E-state index in [0.29, 0.717) is 13.0 Å². The Bertz CT molecular complexity index is 475. The van der Waals surface area contributed by atoms with Crippen molar-refractivity contribution in [2.24, 2.45) is 0 Å². The summed E-state index contributed by atoms with van der Waals surface area (Å²) in [6.45, 7) is 0.669. The summed E-state index contributed by atoms with van der Waals surface area (Å²) in [5, 5.41) is 12.3. The molecular formula is C11H14N4O2. The Balaban J connectivity index is 2.46. The molecule has 6 heteroatoms. The summed E-state index contributed by atoms with van der Waals surface area (Å²) in [5.41, 5.74) is -0.222. The molecule has 0 atom stereocenters.